The van der Waals surface area contributed by atoms with Gasteiger partial charge in [0.15, 0.2) is 0 Å². The van der Waals surface area contributed by atoms with Crippen molar-refractivity contribution >= 4 is 10.0 Å². The summed E-state index contributed by atoms with van der Waals surface area (Å²) in [5.41, 5.74) is 6.67. The molecule has 1 aliphatic rings. The molecule has 1 aromatic carbocycles. The minimum atomic E-state index is -3.64. The second-order valence-electron chi connectivity index (χ2n) is 5.72. The Kier molecular flexibility index (Phi) is 5.01. The van der Waals surface area contributed by atoms with E-state index in [0.29, 0.717) is 24.2 Å². The van der Waals surface area contributed by atoms with Crippen LogP contribution in [0.25, 0.3) is 0 Å². The molecular formula is C15H23FN2O2S. The lowest BCUT2D eigenvalue weighted by molar-refractivity contribution is 0.327. The Hall–Kier alpha value is -0.980. The van der Waals surface area contributed by atoms with Crippen molar-refractivity contribution in [2.24, 2.45) is 5.73 Å². The molecule has 1 atom stereocenters. The standard InChI is InChI=1S/C15H23FN2O2S/c1-11-8-13(16)9-12(2)15(11)21(19,20)18-7-5-3-4-6-14(18)10-17/h8-9,14H,3-7,10,17H2,1-2H3. The molecule has 1 fully saturated rings. The Bertz CT molecular complexity index is 593. The van der Waals surface area contributed by atoms with Crippen molar-refractivity contribution in [2.45, 2.75) is 50.5 Å². The van der Waals surface area contributed by atoms with Crippen LogP contribution in [-0.2, 0) is 10.0 Å². The van der Waals surface area contributed by atoms with Crippen LogP contribution in [0.1, 0.15) is 36.8 Å². The molecule has 0 aliphatic carbocycles. The van der Waals surface area contributed by atoms with Crippen molar-refractivity contribution in [2.75, 3.05) is 13.1 Å². The molecule has 6 heteroatoms. The summed E-state index contributed by atoms with van der Waals surface area (Å²) in [4.78, 5) is 0.226. The van der Waals surface area contributed by atoms with Gasteiger partial charge in [0.1, 0.15) is 5.82 Å². The van der Waals surface area contributed by atoms with Crippen LogP contribution in [0, 0.1) is 19.7 Å². The van der Waals surface area contributed by atoms with E-state index in [-0.39, 0.29) is 10.9 Å². The summed E-state index contributed by atoms with van der Waals surface area (Å²) in [5, 5.41) is 0. The van der Waals surface area contributed by atoms with Gasteiger partial charge in [-0.1, -0.05) is 12.8 Å². The summed E-state index contributed by atoms with van der Waals surface area (Å²) in [6.07, 6.45) is 3.64. The van der Waals surface area contributed by atoms with Gasteiger partial charge in [0.2, 0.25) is 10.0 Å². The van der Waals surface area contributed by atoms with Crippen molar-refractivity contribution < 1.29 is 12.8 Å². The number of rotatable bonds is 3. The van der Waals surface area contributed by atoms with Crippen LogP contribution >= 0.6 is 0 Å². The Morgan fingerprint density at radius 3 is 2.43 bits per heavy atom. The van der Waals surface area contributed by atoms with Gasteiger partial charge in [0.25, 0.3) is 0 Å². The van der Waals surface area contributed by atoms with E-state index in [2.05, 4.69) is 0 Å². The molecule has 0 spiro atoms. The van der Waals surface area contributed by atoms with Gasteiger partial charge in [0, 0.05) is 19.1 Å². The lowest BCUT2D eigenvalue weighted by Gasteiger charge is -2.29. The summed E-state index contributed by atoms with van der Waals surface area (Å²) < 4.78 is 41.0. The minimum Gasteiger partial charge on any atom is -0.329 e. The third-order valence-corrected chi connectivity index (χ3v) is 6.35. The topological polar surface area (TPSA) is 63.4 Å². The normalized spacial score (nSPS) is 21.2. The number of benzene rings is 1. The lowest BCUT2D eigenvalue weighted by atomic mass is 10.1. The van der Waals surface area contributed by atoms with E-state index in [1.54, 1.807) is 13.8 Å². The fourth-order valence-electron chi connectivity index (χ4n) is 3.12. The van der Waals surface area contributed by atoms with E-state index < -0.39 is 15.8 Å². The van der Waals surface area contributed by atoms with E-state index in [0.717, 1.165) is 25.7 Å². The molecule has 118 valence electrons. The Labute approximate surface area is 126 Å². The van der Waals surface area contributed by atoms with E-state index in [1.165, 1.54) is 16.4 Å². The predicted octanol–water partition coefficient (Wildman–Crippen LogP) is 2.33. The number of sulfonamides is 1. The Balaban J connectivity index is 2.50. The maximum atomic E-state index is 13.4. The molecule has 0 saturated carbocycles. The zero-order valence-corrected chi connectivity index (χ0v) is 13.4. The minimum absolute atomic E-state index is 0.165. The van der Waals surface area contributed by atoms with Crippen LogP contribution in [0.4, 0.5) is 4.39 Å². The van der Waals surface area contributed by atoms with Crippen molar-refractivity contribution in [3.05, 3.63) is 29.1 Å². The van der Waals surface area contributed by atoms with Crippen LogP contribution in [0.2, 0.25) is 0 Å². The molecule has 2 rings (SSSR count). The van der Waals surface area contributed by atoms with Gasteiger partial charge >= 0.3 is 0 Å². The highest BCUT2D eigenvalue weighted by molar-refractivity contribution is 7.89. The summed E-state index contributed by atoms with van der Waals surface area (Å²) in [7, 11) is -3.64. The number of aryl methyl sites for hydroxylation is 2. The Morgan fingerprint density at radius 1 is 1.24 bits per heavy atom. The van der Waals surface area contributed by atoms with Crippen molar-refractivity contribution in [1.82, 2.24) is 4.31 Å². The average molecular weight is 314 g/mol. The van der Waals surface area contributed by atoms with Crippen LogP contribution < -0.4 is 5.73 Å². The first-order valence-electron chi connectivity index (χ1n) is 7.36. The van der Waals surface area contributed by atoms with Gasteiger partial charge in [-0.2, -0.15) is 4.31 Å². The van der Waals surface area contributed by atoms with Gasteiger partial charge in [-0.15, -0.1) is 0 Å². The van der Waals surface area contributed by atoms with Crippen LogP contribution in [0.15, 0.2) is 17.0 Å². The van der Waals surface area contributed by atoms with E-state index >= 15 is 0 Å². The molecule has 1 aromatic rings. The highest BCUT2D eigenvalue weighted by Crippen LogP contribution is 2.29. The van der Waals surface area contributed by atoms with E-state index in [1.807, 2.05) is 0 Å². The first-order valence-corrected chi connectivity index (χ1v) is 8.80. The zero-order chi connectivity index (χ0) is 15.6. The largest absolute Gasteiger partial charge is 0.329 e. The summed E-state index contributed by atoms with van der Waals surface area (Å²) >= 11 is 0. The van der Waals surface area contributed by atoms with Crippen LogP contribution in [0.3, 0.4) is 0 Å². The molecule has 21 heavy (non-hydrogen) atoms. The van der Waals surface area contributed by atoms with Crippen molar-refractivity contribution in [3.63, 3.8) is 0 Å². The number of nitrogens with zero attached hydrogens (tertiary/aromatic N) is 1. The average Bonchev–Trinajstić information content (AvgIpc) is 2.62. The van der Waals surface area contributed by atoms with Crippen molar-refractivity contribution in [3.8, 4) is 0 Å². The summed E-state index contributed by atoms with van der Waals surface area (Å²) in [5.74, 6) is -0.407. The number of hydrogen-bond donors (Lipinski definition) is 1. The summed E-state index contributed by atoms with van der Waals surface area (Å²) in [6.45, 7) is 4.08. The molecular weight excluding hydrogens is 291 g/mol. The van der Waals surface area contributed by atoms with Gasteiger partial charge in [-0.25, -0.2) is 12.8 Å². The monoisotopic (exact) mass is 314 g/mol. The van der Waals surface area contributed by atoms with Gasteiger partial charge < -0.3 is 5.73 Å². The maximum absolute atomic E-state index is 13.4. The fraction of sp³-hybridized carbons (Fsp3) is 0.600. The van der Waals surface area contributed by atoms with Crippen molar-refractivity contribution in [1.29, 1.82) is 0 Å². The lowest BCUT2D eigenvalue weighted by Crippen LogP contribution is -2.44. The van der Waals surface area contributed by atoms with E-state index in [9.17, 15) is 12.8 Å². The molecule has 4 nitrogen and oxygen atoms in total. The second-order valence-corrected chi connectivity index (χ2v) is 7.55. The van der Waals surface area contributed by atoms with Gasteiger partial charge in [0.05, 0.1) is 4.90 Å². The maximum Gasteiger partial charge on any atom is 0.243 e. The molecule has 1 heterocycles. The predicted molar refractivity (Wildman–Crippen MR) is 81.1 cm³/mol. The van der Waals surface area contributed by atoms with Crippen LogP contribution in [-0.4, -0.2) is 31.9 Å². The molecule has 0 bridgehead atoms. The summed E-state index contributed by atoms with van der Waals surface area (Å²) in [6, 6.07) is 2.38. The number of nitrogens with two attached hydrogens (primary N) is 1. The third kappa shape index (κ3) is 3.27. The van der Waals surface area contributed by atoms with E-state index in [4.69, 9.17) is 5.73 Å². The first kappa shape index (κ1) is 16.4. The molecule has 2 N–H and O–H groups in total. The first-order chi connectivity index (χ1) is 9.87. The highest BCUT2D eigenvalue weighted by Gasteiger charge is 2.33. The molecule has 1 saturated heterocycles. The quantitative estimate of drug-likeness (QED) is 0.931. The Morgan fingerprint density at radius 2 is 1.86 bits per heavy atom. The van der Waals surface area contributed by atoms with Crippen LogP contribution in [0.5, 0.6) is 0 Å². The molecule has 0 radical (unpaired) electrons. The fourth-order valence-corrected chi connectivity index (χ4v) is 5.24. The smallest absolute Gasteiger partial charge is 0.243 e. The number of hydrogen-bond acceptors (Lipinski definition) is 3. The number of halogens is 1. The SMILES string of the molecule is Cc1cc(F)cc(C)c1S(=O)(=O)N1CCCCCC1CN. The van der Waals surface area contributed by atoms with Gasteiger partial charge in [-0.05, 0) is 49.9 Å². The third-order valence-electron chi connectivity index (χ3n) is 4.09. The van der Waals surface area contributed by atoms with Gasteiger partial charge in [-0.3, -0.25) is 0 Å². The zero-order valence-electron chi connectivity index (χ0n) is 12.6. The molecule has 1 unspecified atom stereocenters. The highest BCUT2D eigenvalue weighted by atomic mass is 32.2. The molecule has 1 aliphatic heterocycles. The molecule has 0 amide bonds. The molecule has 0 aromatic heterocycles. The second kappa shape index (κ2) is 6.42.